The van der Waals surface area contributed by atoms with Gasteiger partial charge < -0.3 is 15.0 Å². The van der Waals surface area contributed by atoms with Gasteiger partial charge >= 0.3 is 6.36 Å². The first-order valence-electron chi connectivity index (χ1n) is 6.58. The number of hydrogen-bond acceptors (Lipinski definition) is 4. The molecule has 0 unspecified atom stereocenters. The minimum atomic E-state index is -4.79. The summed E-state index contributed by atoms with van der Waals surface area (Å²) in [7, 11) is 3.17. The molecular formula is C15H14F3N3O2. The van der Waals surface area contributed by atoms with E-state index in [4.69, 9.17) is 0 Å². The molecule has 0 aliphatic rings. The van der Waals surface area contributed by atoms with Crippen molar-refractivity contribution in [1.82, 2.24) is 4.98 Å². The van der Waals surface area contributed by atoms with Gasteiger partial charge in [-0.3, -0.25) is 4.79 Å². The summed E-state index contributed by atoms with van der Waals surface area (Å²) in [6.07, 6.45) is -3.30. The second kappa shape index (κ2) is 6.55. The Morgan fingerprint density at radius 3 is 2.57 bits per heavy atom. The topological polar surface area (TPSA) is 54.5 Å². The number of carbonyl (C=O) groups is 1. The number of nitrogens with one attached hydrogen (secondary N) is 1. The third-order valence-electron chi connectivity index (χ3n) is 3.01. The van der Waals surface area contributed by atoms with Crippen LogP contribution < -0.4 is 15.0 Å². The monoisotopic (exact) mass is 325 g/mol. The largest absolute Gasteiger partial charge is 0.573 e. The minimum absolute atomic E-state index is 0.175. The molecule has 0 radical (unpaired) electrons. The summed E-state index contributed by atoms with van der Waals surface area (Å²) in [6.45, 7) is 0. The maximum atomic E-state index is 12.3. The summed E-state index contributed by atoms with van der Waals surface area (Å²) < 4.78 is 40.6. The lowest BCUT2D eigenvalue weighted by atomic mass is 10.2. The first-order chi connectivity index (χ1) is 10.8. The average molecular weight is 325 g/mol. The zero-order valence-corrected chi connectivity index (χ0v) is 12.4. The van der Waals surface area contributed by atoms with Gasteiger partial charge in [0.25, 0.3) is 5.91 Å². The van der Waals surface area contributed by atoms with Gasteiger partial charge in [0.15, 0.2) is 0 Å². The lowest BCUT2D eigenvalue weighted by Gasteiger charge is -2.18. The highest BCUT2D eigenvalue weighted by atomic mass is 19.4. The van der Waals surface area contributed by atoms with Gasteiger partial charge in [0.05, 0.1) is 11.9 Å². The Morgan fingerprint density at radius 1 is 1.26 bits per heavy atom. The van der Waals surface area contributed by atoms with Crippen molar-refractivity contribution in [2.45, 2.75) is 6.36 Å². The Morgan fingerprint density at radius 2 is 2.00 bits per heavy atom. The molecule has 1 N–H and O–H groups in total. The van der Waals surface area contributed by atoms with Crippen LogP contribution in [0.15, 0.2) is 42.6 Å². The van der Waals surface area contributed by atoms with E-state index in [9.17, 15) is 18.0 Å². The van der Waals surface area contributed by atoms with Crippen molar-refractivity contribution in [3.8, 4) is 5.75 Å². The van der Waals surface area contributed by atoms with Gasteiger partial charge in [-0.15, -0.1) is 13.2 Å². The van der Waals surface area contributed by atoms with Gasteiger partial charge in [-0.2, -0.15) is 0 Å². The average Bonchev–Trinajstić information content (AvgIpc) is 2.52. The van der Waals surface area contributed by atoms with Crippen molar-refractivity contribution in [3.63, 3.8) is 0 Å². The van der Waals surface area contributed by atoms with Crippen molar-refractivity contribution in [3.05, 3.63) is 48.3 Å². The van der Waals surface area contributed by atoms with E-state index >= 15 is 0 Å². The second-order valence-corrected chi connectivity index (χ2v) is 4.59. The summed E-state index contributed by atoms with van der Waals surface area (Å²) in [5.74, 6) is -0.843. The van der Waals surface area contributed by atoms with E-state index in [2.05, 4.69) is 15.0 Å². The van der Waals surface area contributed by atoms with E-state index in [0.29, 0.717) is 0 Å². The van der Waals surface area contributed by atoms with Crippen molar-refractivity contribution in [2.75, 3.05) is 24.3 Å². The Bertz CT molecular complexity index is 687. The first-order valence-corrected chi connectivity index (χ1v) is 6.58. The van der Waals surface area contributed by atoms with Gasteiger partial charge in [0, 0.05) is 25.8 Å². The molecule has 0 fully saturated rings. The molecule has 2 rings (SSSR count). The summed E-state index contributed by atoms with van der Waals surface area (Å²) in [5, 5.41) is 2.87. The molecule has 1 heterocycles. The van der Waals surface area contributed by atoms with Crippen LogP contribution in [0.2, 0.25) is 0 Å². The fourth-order valence-electron chi connectivity index (χ4n) is 1.85. The molecular weight excluding hydrogens is 311 g/mol. The molecule has 0 aliphatic heterocycles. The van der Waals surface area contributed by atoms with E-state index in [1.807, 2.05) is 0 Å². The van der Waals surface area contributed by atoms with Gasteiger partial charge in [0.2, 0.25) is 0 Å². The molecule has 1 amide bonds. The zero-order chi connectivity index (χ0) is 17.0. The van der Waals surface area contributed by atoms with Gasteiger partial charge in [-0.25, -0.2) is 4.98 Å². The van der Waals surface area contributed by atoms with E-state index in [1.165, 1.54) is 36.3 Å². The van der Waals surface area contributed by atoms with Gasteiger partial charge in [-0.1, -0.05) is 6.07 Å². The predicted molar refractivity (Wildman–Crippen MR) is 79.6 cm³/mol. The molecule has 0 atom stereocenters. The summed E-state index contributed by atoms with van der Waals surface area (Å²) in [6, 6.07) is 8.38. The van der Waals surface area contributed by atoms with Crippen LogP contribution in [0.3, 0.4) is 0 Å². The van der Waals surface area contributed by atoms with Crippen LogP contribution in [0.25, 0.3) is 0 Å². The molecule has 0 bridgehead atoms. The third kappa shape index (κ3) is 4.35. The van der Waals surface area contributed by atoms with Crippen LogP contribution in [0.1, 0.15) is 10.5 Å². The summed E-state index contributed by atoms with van der Waals surface area (Å²) >= 11 is 0. The second-order valence-electron chi connectivity index (χ2n) is 4.59. The highest BCUT2D eigenvalue weighted by molar-refractivity contribution is 6.04. The van der Waals surface area contributed by atoms with E-state index in [-0.39, 0.29) is 11.4 Å². The van der Waals surface area contributed by atoms with Crippen LogP contribution in [0, 0.1) is 0 Å². The number of rotatable bonds is 4. The number of pyridine rings is 1. The number of benzene rings is 1. The SMILES string of the molecule is CNc1ccc(C(=O)N(C)c2cccc(OC(F)(F)F)c2)nc1. The number of hydrogen-bond donors (Lipinski definition) is 1. The normalized spacial score (nSPS) is 11.0. The third-order valence-corrected chi connectivity index (χ3v) is 3.01. The van der Waals surface area contributed by atoms with Crippen LogP contribution in [0.4, 0.5) is 24.5 Å². The van der Waals surface area contributed by atoms with Gasteiger partial charge in [0.1, 0.15) is 11.4 Å². The molecule has 5 nitrogen and oxygen atoms in total. The van der Waals surface area contributed by atoms with Gasteiger partial charge in [-0.05, 0) is 24.3 Å². The first kappa shape index (κ1) is 16.6. The van der Waals surface area contributed by atoms with Crippen molar-refractivity contribution in [2.24, 2.45) is 0 Å². The number of ether oxygens (including phenoxy) is 1. The van der Waals surface area contributed by atoms with Crippen LogP contribution in [-0.4, -0.2) is 31.3 Å². The lowest BCUT2D eigenvalue weighted by Crippen LogP contribution is -2.27. The number of carbonyl (C=O) groups excluding carboxylic acids is 1. The van der Waals surface area contributed by atoms with Crippen molar-refractivity contribution >= 4 is 17.3 Å². The standard InChI is InChI=1S/C15H14F3N3O2/c1-19-10-6-7-13(20-9-10)14(22)21(2)11-4-3-5-12(8-11)23-15(16,17)18/h3-9,19H,1-2H3. The van der Waals surface area contributed by atoms with Crippen LogP contribution >= 0.6 is 0 Å². The van der Waals surface area contributed by atoms with Crippen LogP contribution in [0.5, 0.6) is 5.75 Å². The van der Waals surface area contributed by atoms with E-state index < -0.39 is 18.0 Å². The highest BCUT2D eigenvalue weighted by Crippen LogP contribution is 2.26. The van der Waals surface area contributed by atoms with Crippen LogP contribution in [-0.2, 0) is 0 Å². The molecule has 0 saturated carbocycles. The molecule has 1 aromatic carbocycles. The maximum absolute atomic E-state index is 12.3. The molecule has 0 spiro atoms. The maximum Gasteiger partial charge on any atom is 0.573 e. The Labute approximate surface area is 130 Å². The Hall–Kier alpha value is -2.77. The molecule has 1 aromatic heterocycles. The number of halogens is 3. The fourth-order valence-corrected chi connectivity index (χ4v) is 1.85. The van der Waals surface area contributed by atoms with E-state index in [0.717, 1.165) is 17.8 Å². The molecule has 0 saturated heterocycles. The quantitative estimate of drug-likeness (QED) is 0.937. The number of amides is 1. The molecule has 0 aliphatic carbocycles. The minimum Gasteiger partial charge on any atom is -0.406 e. The summed E-state index contributed by atoms with van der Waals surface area (Å²) in [5.41, 5.74) is 1.18. The highest BCUT2D eigenvalue weighted by Gasteiger charge is 2.31. The van der Waals surface area contributed by atoms with E-state index in [1.54, 1.807) is 13.1 Å². The molecule has 122 valence electrons. The smallest absolute Gasteiger partial charge is 0.406 e. The predicted octanol–water partition coefficient (Wildman–Crippen LogP) is 3.30. The lowest BCUT2D eigenvalue weighted by molar-refractivity contribution is -0.274. The fraction of sp³-hybridized carbons (Fsp3) is 0.200. The number of aromatic nitrogens is 1. The number of nitrogens with zero attached hydrogens (tertiary/aromatic N) is 2. The molecule has 2 aromatic rings. The Kier molecular flexibility index (Phi) is 4.73. The van der Waals surface area contributed by atoms with Crippen molar-refractivity contribution in [1.29, 1.82) is 0 Å². The number of anilines is 2. The zero-order valence-electron chi connectivity index (χ0n) is 12.4. The molecule has 8 heteroatoms. The summed E-state index contributed by atoms with van der Waals surface area (Å²) in [4.78, 5) is 17.5. The molecule has 23 heavy (non-hydrogen) atoms. The van der Waals surface area contributed by atoms with Crippen molar-refractivity contribution < 1.29 is 22.7 Å². The number of alkyl halides is 3. The Balaban J connectivity index is 2.20.